The monoisotopic (exact) mass is 258 g/mol. The summed E-state index contributed by atoms with van der Waals surface area (Å²) in [4.78, 5) is 0. The van der Waals surface area contributed by atoms with E-state index in [2.05, 4.69) is 13.8 Å². The molecule has 2 aliphatic carbocycles. The van der Waals surface area contributed by atoms with Gasteiger partial charge in [-0.3, -0.25) is 0 Å². The topological polar surface area (TPSA) is 0 Å². The molecule has 2 rings (SSSR count). The Labute approximate surface area is 109 Å². The van der Waals surface area contributed by atoms with Gasteiger partial charge in [0.1, 0.15) is 0 Å². The van der Waals surface area contributed by atoms with Gasteiger partial charge in [-0.15, -0.1) is 0 Å². The molecule has 0 spiro atoms. The molecule has 2 fully saturated rings. The van der Waals surface area contributed by atoms with Crippen LogP contribution in [0.2, 0.25) is 0 Å². The first-order valence-corrected chi connectivity index (χ1v) is 6.45. The average Bonchev–Trinajstić information content (AvgIpc) is 2.21. The van der Waals surface area contributed by atoms with Crippen LogP contribution in [0.1, 0.15) is 64.2 Å². The normalized spacial score (nSPS) is 23.6. The van der Waals surface area contributed by atoms with Gasteiger partial charge in [-0.2, -0.15) is 11.8 Å². The molecule has 0 aromatic rings. The van der Waals surface area contributed by atoms with Crippen LogP contribution in [-0.2, 0) is 19.5 Å². The molecule has 0 saturated heterocycles. The van der Waals surface area contributed by atoms with Crippen molar-refractivity contribution in [1.29, 1.82) is 0 Å². The van der Waals surface area contributed by atoms with E-state index in [-0.39, 0.29) is 19.5 Å². The molecule has 15 heavy (non-hydrogen) atoms. The van der Waals surface area contributed by atoms with Crippen molar-refractivity contribution in [2.45, 2.75) is 64.2 Å². The molecule has 0 nitrogen and oxygen atoms in total. The molecule has 0 bridgehead atoms. The van der Waals surface area contributed by atoms with Crippen LogP contribution in [0.15, 0.2) is 0 Å². The van der Waals surface area contributed by atoms with Crippen LogP contribution in [0, 0.1) is 25.7 Å². The molecule has 0 aromatic carbocycles. The van der Waals surface area contributed by atoms with Crippen LogP contribution in [0.3, 0.4) is 0 Å². The Balaban J connectivity index is 0.000000245. The van der Waals surface area contributed by atoms with Crippen LogP contribution in [0.4, 0.5) is 0 Å². The zero-order chi connectivity index (χ0) is 10.2. The van der Waals surface area contributed by atoms with Gasteiger partial charge in [0.2, 0.25) is 0 Å². The molecule has 0 aromatic heterocycles. The number of hydrogen-bond donors (Lipinski definition) is 0. The second kappa shape index (κ2) is 9.82. The van der Waals surface area contributed by atoms with Gasteiger partial charge >= 0.3 is 19.5 Å². The minimum atomic E-state index is 0. The van der Waals surface area contributed by atoms with Crippen LogP contribution in [-0.4, -0.2) is 0 Å². The van der Waals surface area contributed by atoms with Crippen molar-refractivity contribution in [2.24, 2.45) is 11.8 Å². The first-order valence-electron chi connectivity index (χ1n) is 6.45. The van der Waals surface area contributed by atoms with E-state index < -0.39 is 0 Å². The summed E-state index contributed by atoms with van der Waals surface area (Å²) in [6, 6.07) is 0. The number of hydrogen-bond acceptors (Lipinski definition) is 0. The van der Waals surface area contributed by atoms with Crippen LogP contribution in [0.5, 0.6) is 0 Å². The molecule has 0 atom stereocenters. The van der Waals surface area contributed by atoms with Crippen molar-refractivity contribution in [3.63, 3.8) is 0 Å². The molecule has 0 radical (unpaired) electrons. The van der Waals surface area contributed by atoms with Gasteiger partial charge in [0.05, 0.1) is 0 Å². The number of rotatable bonds is 0. The molecular formula is C14H26Zn. The van der Waals surface area contributed by atoms with Crippen LogP contribution in [0.25, 0.3) is 0 Å². The summed E-state index contributed by atoms with van der Waals surface area (Å²) in [5, 5.41) is 0. The summed E-state index contributed by atoms with van der Waals surface area (Å²) < 4.78 is 0. The summed E-state index contributed by atoms with van der Waals surface area (Å²) in [6.07, 6.45) is 14.1. The molecule has 1 heteroatoms. The van der Waals surface area contributed by atoms with Crippen LogP contribution < -0.4 is 0 Å². The van der Waals surface area contributed by atoms with Crippen molar-refractivity contribution in [3.8, 4) is 0 Å². The van der Waals surface area contributed by atoms with Gasteiger partial charge in [0.25, 0.3) is 0 Å². The van der Waals surface area contributed by atoms with Crippen LogP contribution >= 0.6 is 0 Å². The first kappa shape index (κ1) is 15.6. The Morgan fingerprint density at radius 2 is 0.800 bits per heavy atom. The van der Waals surface area contributed by atoms with Crippen molar-refractivity contribution in [3.05, 3.63) is 13.8 Å². The minimum Gasteiger partial charge on any atom is -0.340 e. The Hall–Kier alpha value is 0.623. The third kappa shape index (κ3) is 8.43. The fourth-order valence-corrected chi connectivity index (χ4v) is 2.37. The van der Waals surface area contributed by atoms with E-state index in [4.69, 9.17) is 0 Å². The van der Waals surface area contributed by atoms with Gasteiger partial charge in [0.15, 0.2) is 0 Å². The van der Waals surface area contributed by atoms with Gasteiger partial charge in [-0.1, -0.05) is 64.2 Å². The van der Waals surface area contributed by atoms with E-state index in [0.29, 0.717) is 0 Å². The summed E-state index contributed by atoms with van der Waals surface area (Å²) in [5.74, 6) is 1.57. The minimum absolute atomic E-state index is 0. The zero-order valence-corrected chi connectivity index (χ0v) is 13.3. The maximum Gasteiger partial charge on any atom is 2.00 e. The standard InChI is InChI=1S/2C7H13.Zn/c2*1-7-5-3-2-4-6-7;/h2*7H,1-6H2;/q2*-1;+2. The van der Waals surface area contributed by atoms with E-state index in [1.807, 2.05) is 0 Å². The van der Waals surface area contributed by atoms with E-state index in [1.165, 1.54) is 64.2 Å². The van der Waals surface area contributed by atoms with E-state index in [0.717, 1.165) is 11.8 Å². The molecule has 0 aliphatic heterocycles. The Morgan fingerprint density at radius 3 is 0.933 bits per heavy atom. The largest absolute Gasteiger partial charge is 2.00 e. The van der Waals surface area contributed by atoms with E-state index in [1.54, 1.807) is 0 Å². The second-order valence-electron chi connectivity index (χ2n) is 5.01. The molecule has 0 amide bonds. The van der Waals surface area contributed by atoms with Crippen molar-refractivity contribution < 1.29 is 19.5 Å². The Kier molecular flexibility index (Phi) is 10.2. The fraction of sp³-hybridized carbons (Fsp3) is 0.857. The quantitative estimate of drug-likeness (QED) is 0.433. The van der Waals surface area contributed by atoms with E-state index >= 15 is 0 Å². The third-order valence-corrected chi connectivity index (χ3v) is 3.45. The smallest absolute Gasteiger partial charge is 0.340 e. The maximum absolute atomic E-state index is 4.00. The van der Waals surface area contributed by atoms with Gasteiger partial charge in [-0.25, -0.2) is 0 Å². The second-order valence-corrected chi connectivity index (χ2v) is 5.01. The summed E-state index contributed by atoms with van der Waals surface area (Å²) >= 11 is 0. The van der Waals surface area contributed by atoms with Crippen molar-refractivity contribution in [1.82, 2.24) is 0 Å². The molecule has 0 N–H and O–H groups in total. The summed E-state index contributed by atoms with van der Waals surface area (Å²) in [5.41, 5.74) is 0. The molecule has 2 saturated carbocycles. The predicted molar refractivity (Wildman–Crippen MR) is 63.9 cm³/mol. The molecule has 0 unspecified atom stereocenters. The predicted octanol–water partition coefficient (Wildman–Crippen LogP) is 4.80. The Morgan fingerprint density at radius 1 is 0.533 bits per heavy atom. The summed E-state index contributed by atoms with van der Waals surface area (Å²) in [7, 11) is 0. The van der Waals surface area contributed by atoms with Crippen molar-refractivity contribution in [2.75, 3.05) is 0 Å². The molecule has 84 valence electrons. The maximum atomic E-state index is 4.00. The zero-order valence-electron chi connectivity index (χ0n) is 10.3. The Bertz CT molecular complexity index is 105. The van der Waals surface area contributed by atoms with Gasteiger partial charge < -0.3 is 13.8 Å². The average molecular weight is 260 g/mol. The van der Waals surface area contributed by atoms with Gasteiger partial charge in [-0.05, 0) is 0 Å². The third-order valence-electron chi connectivity index (χ3n) is 3.45. The summed E-state index contributed by atoms with van der Waals surface area (Å²) in [6.45, 7) is 8.00. The first-order chi connectivity index (χ1) is 6.79. The molecule has 2 aliphatic rings. The molecule has 0 heterocycles. The SMILES string of the molecule is [CH2-]C1CCCCC1.[CH2-]C1CCCCC1.[Zn+2]. The van der Waals surface area contributed by atoms with Crippen molar-refractivity contribution >= 4 is 0 Å². The van der Waals surface area contributed by atoms with E-state index in [9.17, 15) is 0 Å². The van der Waals surface area contributed by atoms with Gasteiger partial charge in [0, 0.05) is 0 Å². The molecular weight excluding hydrogens is 234 g/mol. The fourth-order valence-electron chi connectivity index (χ4n) is 2.37.